The van der Waals surface area contributed by atoms with Gasteiger partial charge in [-0.3, -0.25) is 0 Å². The lowest BCUT2D eigenvalue weighted by Gasteiger charge is -2.22. The highest BCUT2D eigenvalue weighted by Gasteiger charge is 2.24. The molecule has 0 amide bonds. The predicted molar refractivity (Wildman–Crippen MR) is 107 cm³/mol. The van der Waals surface area contributed by atoms with Crippen molar-refractivity contribution in [1.82, 2.24) is 0 Å². The maximum absolute atomic E-state index is 12.9. The van der Waals surface area contributed by atoms with Gasteiger partial charge in [0.15, 0.2) is 6.10 Å². The summed E-state index contributed by atoms with van der Waals surface area (Å²) in [6.07, 6.45) is 1.31. The Balaban J connectivity index is 1.62. The molecule has 4 heteroatoms. The van der Waals surface area contributed by atoms with Crippen LogP contribution in [0.1, 0.15) is 22.8 Å². The third-order valence-electron chi connectivity index (χ3n) is 4.64. The molecule has 0 saturated carbocycles. The summed E-state index contributed by atoms with van der Waals surface area (Å²) in [4.78, 5) is 12.9. The van der Waals surface area contributed by atoms with Crippen molar-refractivity contribution in [2.75, 3.05) is 13.7 Å². The van der Waals surface area contributed by atoms with E-state index in [4.69, 9.17) is 14.2 Å². The third kappa shape index (κ3) is 3.76. The zero-order valence-corrected chi connectivity index (χ0v) is 15.5. The Labute approximate surface area is 164 Å². The van der Waals surface area contributed by atoms with Crippen LogP contribution in [0, 0.1) is 0 Å². The van der Waals surface area contributed by atoms with Crippen molar-refractivity contribution in [1.29, 1.82) is 0 Å². The van der Waals surface area contributed by atoms with E-state index in [1.54, 1.807) is 7.11 Å². The van der Waals surface area contributed by atoms with Gasteiger partial charge in [-0.2, -0.15) is 0 Å². The zero-order chi connectivity index (χ0) is 19.3. The molecule has 140 valence electrons. The minimum absolute atomic E-state index is 0.194. The van der Waals surface area contributed by atoms with Gasteiger partial charge in [0.2, 0.25) is 0 Å². The maximum atomic E-state index is 12.9. The molecule has 0 N–H and O–H groups in total. The second kappa shape index (κ2) is 8.01. The highest BCUT2D eigenvalue weighted by Crippen LogP contribution is 2.31. The van der Waals surface area contributed by atoms with Gasteiger partial charge in [0, 0.05) is 5.56 Å². The molecule has 3 aromatic rings. The summed E-state index contributed by atoms with van der Waals surface area (Å²) in [5.74, 6) is 1.13. The average molecular weight is 372 g/mol. The summed E-state index contributed by atoms with van der Waals surface area (Å²) in [7, 11) is 1.62. The van der Waals surface area contributed by atoms with Crippen LogP contribution in [0.3, 0.4) is 0 Å². The normalized spacial score (nSPS) is 13.5. The molecule has 4 nitrogen and oxygen atoms in total. The van der Waals surface area contributed by atoms with Gasteiger partial charge in [-0.05, 0) is 35.4 Å². The molecule has 1 atom stereocenters. The molecular weight excluding hydrogens is 352 g/mol. The van der Waals surface area contributed by atoms with Gasteiger partial charge < -0.3 is 14.2 Å². The molecule has 0 spiro atoms. The number of fused-ring (bicyclic) bond motifs is 1. The topological polar surface area (TPSA) is 44.8 Å². The lowest BCUT2D eigenvalue weighted by molar-refractivity contribution is -0.143. The number of esters is 1. The minimum Gasteiger partial charge on any atom is -0.497 e. The molecule has 3 aromatic carbocycles. The van der Waals surface area contributed by atoms with Gasteiger partial charge in [0.05, 0.1) is 12.7 Å². The molecule has 4 rings (SSSR count). The summed E-state index contributed by atoms with van der Waals surface area (Å²) in [6, 6.07) is 24.8. The van der Waals surface area contributed by atoms with Gasteiger partial charge in [0.25, 0.3) is 0 Å². The van der Waals surface area contributed by atoms with E-state index in [1.807, 2.05) is 84.9 Å². The molecule has 0 aromatic heterocycles. The van der Waals surface area contributed by atoms with Crippen LogP contribution in [0.25, 0.3) is 6.08 Å². The smallest absolute Gasteiger partial charge is 0.338 e. The van der Waals surface area contributed by atoms with E-state index in [0.717, 1.165) is 28.2 Å². The average Bonchev–Trinajstić information content (AvgIpc) is 2.77. The quantitative estimate of drug-likeness (QED) is 0.603. The van der Waals surface area contributed by atoms with Crippen LogP contribution in [-0.4, -0.2) is 19.7 Å². The van der Waals surface area contributed by atoms with E-state index in [2.05, 4.69) is 0 Å². The zero-order valence-electron chi connectivity index (χ0n) is 15.5. The van der Waals surface area contributed by atoms with Crippen molar-refractivity contribution >= 4 is 12.0 Å². The molecule has 1 aliphatic heterocycles. The Kier molecular flexibility index (Phi) is 5.11. The first-order valence-electron chi connectivity index (χ1n) is 9.07. The van der Waals surface area contributed by atoms with Crippen molar-refractivity contribution in [2.24, 2.45) is 0 Å². The van der Waals surface area contributed by atoms with Crippen molar-refractivity contribution in [2.45, 2.75) is 6.10 Å². The summed E-state index contributed by atoms with van der Waals surface area (Å²) in [5.41, 5.74) is 3.14. The van der Waals surface area contributed by atoms with E-state index in [0.29, 0.717) is 5.57 Å². The van der Waals surface area contributed by atoms with E-state index >= 15 is 0 Å². The van der Waals surface area contributed by atoms with Gasteiger partial charge in [0.1, 0.15) is 18.1 Å². The first kappa shape index (κ1) is 17.9. The van der Waals surface area contributed by atoms with E-state index < -0.39 is 6.10 Å². The Hall–Kier alpha value is -3.53. The number of rotatable bonds is 5. The van der Waals surface area contributed by atoms with Crippen molar-refractivity contribution in [3.05, 3.63) is 101 Å². The molecule has 0 fully saturated rings. The fourth-order valence-corrected chi connectivity index (χ4v) is 3.15. The Morgan fingerprint density at radius 2 is 1.57 bits per heavy atom. The van der Waals surface area contributed by atoms with Crippen LogP contribution in [0.15, 0.2) is 84.4 Å². The summed E-state index contributed by atoms with van der Waals surface area (Å²) < 4.78 is 16.8. The van der Waals surface area contributed by atoms with Gasteiger partial charge in [-0.15, -0.1) is 0 Å². The predicted octanol–water partition coefficient (Wildman–Crippen LogP) is 4.80. The number of benzene rings is 3. The molecule has 1 aliphatic rings. The second-order valence-corrected chi connectivity index (χ2v) is 6.47. The van der Waals surface area contributed by atoms with Crippen LogP contribution >= 0.6 is 0 Å². The molecular formula is C24H20O4. The standard InChI is InChI=1S/C24H20O4/c1-26-21-13-11-18(12-14-21)23(17-7-3-2-4-8-17)28-24(25)20-15-19-9-5-6-10-22(19)27-16-20/h2-15,23H,16H2,1H3/t23-/m0/s1. The summed E-state index contributed by atoms with van der Waals surface area (Å²) in [5, 5.41) is 0. The third-order valence-corrected chi connectivity index (χ3v) is 4.64. The van der Waals surface area contributed by atoms with E-state index in [-0.39, 0.29) is 12.6 Å². The summed E-state index contributed by atoms with van der Waals surface area (Å²) >= 11 is 0. The number of hydrogen-bond donors (Lipinski definition) is 0. The minimum atomic E-state index is -0.516. The molecule has 28 heavy (non-hydrogen) atoms. The lowest BCUT2D eigenvalue weighted by atomic mass is 10.0. The van der Waals surface area contributed by atoms with E-state index in [1.165, 1.54) is 0 Å². The number of carbonyl (C=O) groups is 1. The van der Waals surface area contributed by atoms with Gasteiger partial charge in [-0.1, -0.05) is 60.7 Å². The Morgan fingerprint density at radius 3 is 2.32 bits per heavy atom. The van der Waals surface area contributed by atoms with Crippen molar-refractivity contribution in [3.8, 4) is 11.5 Å². The summed E-state index contributed by atoms with van der Waals surface area (Å²) in [6.45, 7) is 0.194. The molecule has 0 bridgehead atoms. The SMILES string of the molecule is COc1ccc([C@@H](OC(=O)C2=Cc3ccccc3OC2)c2ccccc2)cc1. The Bertz CT molecular complexity index is 991. The number of hydrogen-bond acceptors (Lipinski definition) is 4. The highest BCUT2D eigenvalue weighted by atomic mass is 16.5. The van der Waals surface area contributed by atoms with E-state index in [9.17, 15) is 4.79 Å². The number of carbonyl (C=O) groups excluding carboxylic acids is 1. The molecule has 0 aliphatic carbocycles. The monoisotopic (exact) mass is 372 g/mol. The first-order chi connectivity index (χ1) is 13.7. The van der Waals surface area contributed by atoms with Gasteiger partial charge >= 0.3 is 5.97 Å². The fourth-order valence-electron chi connectivity index (χ4n) is 3.15. The molecule has 0 unspecified atom stereocenters. The lowest BCUT2D eigenvalue weighted by Crippen LogP contribution is -2.20. The van der Waals surface area contributed by atoms with Crippen LogP contribution in [-0.2, 0) is 9.53 Å². The molecule has 0 radical (unpaired) electrons. The van der Waals surface area contributed by atoms with Crippen molar-refractivity contribution in [3.63, 3.8) is 0 Å². The van der Waals surface area contributed by atoms with Crippen LogP contribution < -0.4 is 9.47 Å². The maximum Gasteiger partial charge on any atom is 0.338 e. The van der Waals surface area contributed by atoms with Crippen molar-refractivity contribution < 1.29 is 19.0 Å². The van der Waals surface area contributed by atoms with Crippen LogP contribution in [0.5, 0.6) is 11.5 Å². The number of para-hydroxylation sites is 1. The largest absolute Gasteiger partial charge is 0.497 e. The highest BCUT2D eigenvalue weighted by molar-refractivity contribution is 5.95. The van der Waals surface area contributed by atoms with Gasteiger partial charge in [-0.25, -0.2) is 4.79 Å². The van der Waals surface area contributed by atoms with Crippen LogP contribution in [0.2, 0.25) is 0 Å². The first-order valence-corrected chi connectivity index (χ1v) is 9.07. The number of methoxy groups -OCH3 is 1. The molecule has 1 heterocycles. The van der Waals surface area contributed by atoms with Crippen LogP contribution in [0.4, 0.5) is 0 Å². The molecule has 0 saturated heterocycles. The fraction of sp³-hybridized carbons (Fsp3) is 0.125. The second-order valence-electron chi connectivity index (χ2n) is 6.47. The Morgan fingerprint density at radius 1 is 0.893 bits per heavy atom. The number of ether oxygens (including phenoxy) is 3.